The molecular weight excluding hydrogens is 298 g/mol. The van der Waals surface area contributed by atoms with Gasteiger partial charge in [-0.15, -0.1) is 0 Å². The van der Waals surface area contributed by atoms with Crippen molar-refractivity contribution in [3.05, 3.63) is 40.4 Å². The standard InChI is InChI=1S/C16H14ClN5/c1-2-7-21-16-12(9-19)14(20)11(8-18)15(22-16)10-5-3-4-6-13(10)17/h3-6H,2,7H2,1H3,(H3,20,21,22). The van der Waals surface area contributed by atoms with Crippen LogP contribution in [-0.2, 0) is 0 Å². The summed E-state index contributed by atoms with van der Waals surface area (Å²) in [5, 5.41) is 22.2. The highest BCUT2D eigenvalue weighted by atomic mass is 35.5. The smallest absolute Gasteiger partial charge is 0.146 e. The molecule has 0 saturated heterocycles. The number of nitrogens with zero attached hydrogens (tertiary/aromatic N) is 3. The first kappa shape index (κ1) is 15.6. The molecule has 1 aromatic carbocycles. The number of hydrogen-bond donors (Lipinski definition) is 2. The van der Waals surface area contributed by atoms with Crippen LogP contribution in [0.4, 0.5) is 11.5 Å². The Kier molecular flexibility index (Phi) is 4.83. The van der Waals surface area contributed by atoms with Gasteiger partial charge in [-0.1, -0.05) is 36.7 Å². The van der Waals surface area contributed by atoms with Gasteiger partial charge in [0, 0.05) is 12.1 Å². The van der Waals surface area contributed by atoms with Crippen molar-refractivity contribution in [3.63, 3.8) is 0 Å². The lowest BCUT2D eigenvalue weighted by molar-refractivity contribution is 0.968. The molecular formula is C16H14ClN5. The van der Waals surface area contributed by atoms with E-state index in [0.717, 1.165) is 6.42 Å². The van der Waals surface area contributed by atoms with Gasteiger partial charge < -0.3 is 11.1 Å². The topological polar surface area (TPSA) is 98.5 Å². The first-order valence-corrected chi connectivity index (χ1v) is 7.14. The van der Waals surface area contributed by atoms with E-state index in [0.29, 0.717) is 28.6 Å². The Bertz CT molecular complexity index is 786. The Balaban J connectivity index is 2.74. The molecule has 0 saturated carbocycles. The van der Waals surface area contributed by atoms with Crippen molar-refractivity contribution in [2.24, 2.45) is 0 Å². The highest BCUT2D eigenvalue weighted by molar-refractivity contribution is 6.33. The highest BCUT2D eigenvalue weighted by Gasteiger charge is 2.20. The molecule has 0 bridgehead atoms. The SMILES string of the molecule is CCCNc1nc(-c2ccccc2Cl)c(C#N)c(N)c1C#N. The number of halogens is 1. The van der Waals surface area contributed by atoms with Gasteiger partial charge in [0.15, 0.2) is 0 Å². The lowest BCUT2D eigenvalue weighted by Crippen LogP contribution is -2.09. The summed E-state index contributed by atoms with van der Waals surface area (Å²) < 4.78 is 0. The molecule has 0 fully saturated rings. The van der Waals surface area contributed by atoms with Crippen LogP contribution in [0.5, 0.6) is 0 Å². The van der Waals surface area contributed by atoms with Crippen molar-refractivity contribution in [2.45, 2.75) is 13.3 Å². The molecule has 0 radical (unpaired) electrons. The van der Waals surface area contributed by atoms with Crippen molar-refractivity contribution < 1.29 is 0 Å². The van der Waals surface area contributed by atoms with Crippen molar-refractivity contribution in [3.8, 4) is 23.4 Å². The molecule has 1 heterocycles. The molecule has 5 nitrogen and oxygen atoms in total. The molecule has 2 aromatic rings. The van der Waals surface area contributed by atoms with Gasteiger partial charge in [0.25, 0.3) is 0 Å². The number of aromatic nitrogens is 1. The molecule has 0 atom stereocenters. The maximum Gasteiger partial charge on any atom is 0.146 e. The van der Waals surface area contributed by atoms with Gasteiger partial charge in [-0.2, -0.15) is 10.5 Å². The minimum atomic E-state index is 0.119. The predicted octanol–water partition coefficient (Wildman–Crippen LogP) is 3.55. The number of anilines is 2. The zero-order chi connectivity index (χ0) is 16.1. The summed E-state index contributed by atoms with van der Waals surface area (Å²) in [7, 11) is 0. The van der Waals surface area contributed by atoms with Crippen LogP contribution in [-0.4, -0.2) is 11.5 Å². The van der Waals surface area contributed by atoms with Crippen LogP contribution in [0, 0.1) is 22.7 Å². The normalized spacial score (nSPS) is 9.82. The van der Waals surface area contributed by atoms with Crippen LogP contribution in [0.2, 0.25) is 5.02 Å². The third-order valence-electron chi connectivity index (χ3n) is 3.13. The van der Waals surface area contributed by atoms with E-state index in [1.54, 1.807) is 24.3 Å². The molecule has 6 heteroatoms. The third kappa shape index (κ3) is 2.81. The maximum atomic E-state index is 9.40. The summed E-state index contributed by atoms with van der Waals surface area (Å²) in [6.45, 7) is 2.65. The van der Waals surface area contributed by atoms with E-state index in [9.17, 15) is 10.5 Å². The van der Waals surface area contributed by atoms with Gasteiger partial charge >= 0.3 is 0 Å². The van der Waals surface area contributed by atoms with Crippen LogP contribution in [0.25, 0.3) is 11.3 Å². The molecule has 0 unspecified atom stereocenters. The molecule has 22 heavy (non-hydrogen) atoms. The van der Waals surface area contributed by atoms with Gasteiger partial charge in [0.05, 0.1) is 16.4 Å². The van der Waals surface area contributed by atoms with Crippen LogP contribution in [0.15, 0.2) is 24.3 Å². The third-order valence-corrected chi connectivity index (χ3v) is 3.46. The first-order chi connectivity index (χ1) is 10.6. The molecule has 0 spiro atoms. The molecule has 3 N–H and O–H groups in total. The quantitative estimate of drug-likeness (QED) is 0.899. The maximum absolute atomic E-state index is 9.40. The average Bonchev–Trinajstić information content (AvgIpc) is 2.53. The van der Waals surface area contributed by atoms with Gasteiger partial charge in [-0.25, -0.2) is 4.98 Å². The van der Waals surface area contributed by atoms with Crippen molar-refractivity contribution in [1.29, 1.82) is 10.5 Å². The summed E-state index contributed by atoms with van der Waals surface area (Å²) >= 11 is 6.19. The largest absolute Gasteiger partial charge is 0.396 e. The zero-order valence-corrected chi connectivity index (χ0v) is 12.8. The second kappa shape index (κ2) is 6.80. The fourth-order valence-electron chi connectivity index (χ4n) is 2.05. The summed E-state index contributed by atoms with van der Waals surface area (Å²) in [6.07, 6.45) is 0.869. The molecule has 0 aliphatic carbocycles. The van der Waals surface area contributed by atoms with E-state index in [-0.39, 0.29) is 16.8 Å². The second-order valence-corrected chi connectivity index (χ2v) is 5.01. The number of nitrogen functional groups attached to an aromatic ring is 1. The van der Waals surface area contributed by atoms with E-state index >= 15 is 0 Å². The minimum Gasteiger partial charge on any atom is -0.396 e. The summed E-state index contributed by atoms with van der Waals surface area (Å²) in [4.78, 5) is 4.42. The summed E-state index contributed by atoms with van der Waals surface area (Å²) in [5.41, 5.74) is 7.44. The first-order valence-electron chi connectivity index (χ1n) is 6.76. The Labute approximate surface area is 134 Å². The average molecular weight is 312 g/mol. The number of nitriles is 2. The predicted molar refractivity (Wildman–Crippen MR) is 87.3 cm³/mol. The van der Waals surface area contributed by atoms with Gasteiger partial charge in [-0.05, 0) is 12.5 Å². The monoisotopic (exact) mass is 311 g/mol. The lowest BCUT2D eigenvalue weighted by atomic mass is 10.0. The fraction of sp³-hybridized carbons (Fsp3) is 0.188. The molecule has 1 aromatic heterocycles. The number of nitrogens with two attached hydrogens (primary N) is 1. The minimum absolute atomic E-state index is 0.119. The molecule has 2 rings (SSSR count). The van der Waals surface area contributed by atoms with Crippen molar-refractivity contribution in [1.82, 2.24) is 4.98 Å². The Hall–Kier alpha value is -2.76. The molecule has 0 amide bonds. The van der Waals surface area contributed by atoms with Crippen LogP contribution in [0.1, 0.15) is 24.5 Å². The van der Waals surface area contributed by atoms with Gasteiger partial charge in [0.1, 0.15) is 29.1 Å². The van der Waals surface area contributed by atoms with E-state index in [1.807, 2.05) is 19.1 Å². The number of rotatable bonds is 4. The second-order valence-electron chi connectivity index (χ2n) is 4.60. The van der Waals surface area contributed by atoms with E-state index < -0.39 is 0 Å². The van der Waals surface area contributed by atoms with Crippen LogP contribution >= 0.6 is 11.6 Å². The van der Waals surface area contributed by atoms with E-state index in [4.69, 9.17) is 17.3 Å². The molecule has 0 aliphatic heterocycles. The number of nitrogens with one attached hydrogen (secondary N) is 1. The van der Waals surface area contributed by atoms with E-state index in [1.165, 1.54) is 0 Å². The van der Waals surface area contributed by atoms with Crippen LogP contribution in [0.3, 0.4) is 0 Å². The molecule has 110 valence electrons. The molecule has 0 aliphatic rings. The highest BCUT2D eigenvalue weighted by Crippen LogP contribution is 2.35. The summed E-state index contributed by atoms with van der Waals surface area (Å²) in [5.74, 6) is 0.371. The summed E-state index contributed by atoms with van der Waals surface area (Å²) in [6, 6.07) is 11.1. The Morgan fingerprint density at radius 1 is 1.23 bits per heavy atom. The lowest BCUT2D eigenvalue weighted by Gasteiger charge is -2.14. The zero-order valence-electron chi connectivity index (χ0n) is 12.0. The van der Waals surface area contributed by atoms with Crippen molar-refractivity contribution in [2.75, 3.05) is 17.6 Å². The number of pyridine rings is 1. The number of benzene rings is 1. The Morgan fingerprint density at radius 3 is 2.50 bits per heavy atom. The van der Waals surface area contributed by atoms with Crippen molar-refractivity contribution >= 4 is 23.1 Å². The fourth-order valence-corrected chi connectivity index (χ4v) is 2.27. The van der Waals surface area contributed by atoms with Gasteiger partial charge in [-0.3, -0.25) is 0 Å². The Morgan fingerprint density at radius 2 is 1.91 bits per heavy atom. The van der Waals surface area contributed by atoms with Crippen LogP contribution < -0.4 is 11.1 Å². The van der Waals surface area contributed by atoms with Gasteiger partial charge in [0.2, 0.25) is 0 Å². The van der Waals surface area contributed by atoms with E-state index in [2.05, 4.69) is 10.3 Å². The number of hydrogen-bond acceptors (Lipinski definition) is 5.